The molecule has 1 aromatic rings. The normalized spacial score (nSPS) is 27.9. The standard InChI is InChI=1S/C15H24N4O2/c1-11-7-14(2,3)9-15(8-11,10-20)18-13(21)17-12-5-4-6-16-19-12/h4-6,11,20H,7-10H2,1-3H3,(H2,17,18,19,21). The molecule has 1 heterocycles. The predicted octanol–water partition coefficient (Wildman–Crippen LogP) is 2.18. The summed E-state index contributed by atoms with van der Waals surface area (Å²) in [7, 11) is 0. The van der Waals surface area contributed by atoms with E-state index in [1.54, 1.807) is 18.3 Å². The lowest BCUT2D eigenvalue weighted by Crippen LogP contribution is -2.58. The number of hydrogen-bond acceptors (Lipinski definition) is 4. The minimum Gasteiger partial charge on any atom is -0.394 e. The van der Waals surface area contributed by atoms with E-state index in [1.165, 1.54) is 0 Å². The van der Waals surface area contributed by atoms with E-state index in [2.05, 4.69) is 41.6 Å². The van der Waals surface area contributed by atoms with Crippen LogP contribution in [0.1, 0.15) is 40.0 Å². The second-order valence-corrected chi connectivity index (χ2v) is 6.98. The molecular weight excluding hydrogens is 268 g/mol. The highest BCUT2D eigenvalue weighted by Crippen LogP contribution is 2.43. The van der Waals surface area contributed by atoms with Crippen molar-refractivity contribution in [3.8, 4) is 0 Å². The van der Waals surface area contributed by atoms with E-state index in [-0.39, 0.29) is 18.1 Å². The smallest absolute Gasteiger partial charge is 0.320 e. The number of rotatable bonds is 3. The van der Waals surface area contributed by atoms with Crippen molar-refractivity contribution >= 4 is 11.8 Å². The monoisotopic (exact) mass is 292 g/mol. The van der Waals surface area contributed by atoms with E-state index in [1.807, 2.05) is 0 Å². The summed E-state index contributed by atoms with van der Waals surface area (Å²) >= 11 is 0. The fraction of sp³-hybridized carbons (Fsp3) is 0.667. The van der Waals surface area contributed by atoms with Gasteiger partial charge in [0.05, 0.1) is 12.1 Å². The van der Waals surface area contributed by atoms with Gasteiger partial charge in [0.25, 0.3) is 0 Å². The molecule has 2 rings (SSSR count). The van der Waals surface area contributed by atoms with Gasteiger partial charge in [-0.2, -0.15) is 5.10 Å². The molecule has 116 valence electrons. The molecule has 1 fully saturated rings. The Morgan fingerprint density at radius 2 is 2.24 bits per heavy atom. The van der Waals surface area contributed by atoms with Gasteiger partial charge in [-0.15, -0.1) is 5.10 Å². The highest BCUT2D eigenvalue weighted by Gasteiger charge is 2.43. The SMILES string of the molecule is CC1CC(C)(C)CC(CO)(NC(=O)Nc2cccnn2)C1. The van der Waals surface area contributed by atoms with Crippen LogP contribution in [0.4, 0.5) is 10.6 Å². The van der Waals surface area contributed by atoms with E-state index < -0.39 is 5.54 Å². The topological polar surface area (TPSA) is 87.1 Å². The number of carbonyl (C=O) groups excluding carboxylic acids is 1. The zero-order valence-electron chi connectivity index (χ0n) is 12.9. The van der Waals surface area contributed by atoms with E-state index in [0.717, 1.165) is 19.3 Å². The fourth-order valence-electron chi connectivity index (χ4n) is 3.75. The number of nitrogens with zero attached hydrogens (tertiary/aromatic N) is 2. The van der Waals surface area contributed by atoms with Gasteiger partial charge >= 0.3 is 6.03 Å². The van der Waals surface area contributed by atoms with Gasteiger partial charge in [-0.1, -0.05) is 20.8 Å². The lowest BCUT2D eigenvalue weighted by atomic mass is 9.64. The second kappa shape index (κ2) is 5.97. The number of carbonyl (C=O) groups is 1. The Bertz CT molecular complexity index is 492. The highest BCUT2D eigenvalue weighted by molar-refractivity contribution is 5.88. The van der Waals surface area contributed by atoms with Crippen molar-refractivity contribution in [2.75, 3.05) is 11.9 Å². The molecule has 0 saturated heterocycles. The van der Waals surface area contributed by atoms with Crippen molar-refractivity contribution < 1.29 is 9.90 Å². The molecule has 2 amide bonds. The number of aliphatic hydroxyl groups is 1. The Kier molecular flexibility index (Phi) is 4.46. The van der Waals surface area contributed by atoms with Gasteiger partial charge in [0, 0.05) is 6.20 Å². The summed E-state index contributed by atoms with van der Waals surface area (Å²) in [6.07, 6.45) is 4.18. The molecule has 1 saturated carbocycles. The maximum absolute atomic E-state index is 12.2. The van der Waals surface area contributed by atoms with Gasteiger partial charge in [-0.3, -0.25) is 5.32 Å². The van der Waals surface area contributed by atoms with Gasteiger partial charge < -0.3 is 10.4 Å². The van der Waals surface area contributed by atoms with Crippen LogP contribution in [0.5, 0.6) is 0 Å². The van der Waals surface area contributed by atoms with Crippen molar-refractivity contribution in [3.63, 3.8) is 0 Å². The van der Waals surface area contributed by atoms with Crippen molar-refractivity contribution in [1.29, 1.82) is 0 Å². The quantitative estimate of drug-likeness (QED) is 0.797. The van der Waals surface area contributed by atoms with Crippen LogP contribution in [-0.4, -0.2) is 33.5 Å². The van der Waals surface area contributed by atoms with Gasteiger partial charge in [0.15, 0.2) is 5.82 Å². The van der Waals surface area contributed by atoms with Crippen molar-refractivity contribution in [3.05, 3.63) is 18.3 Å². The third-order valence-corrected chi connectivity index (χ3v) is 3.95. The molecule has 2 unspecified atom stereocenters. The number of urea groups is 1. The molecule has 1 aliphatic carbocycles. The number of anilines is 1. The average Bonchev–Trinajstić information content (AvgIpc) is 2.37. The Morgan fingerprint density at radius 3 is 2.81 bits per heavy atom. The number of nitrogens with one attached hydrogen (secondary N) is 2. The third kappa shape index (κ3) is 4.14. The molecular formula is C15H24N4O2. The highest BCUT2D eigenvalue weighted by atomic mass is 16.3. The van der Waals surface area contributed by atoms with E-state index in [9.17, 15) is 9.90 Å². The molecule has 0 bridgehead atoms. The van der Waals surface area contributed by atoms with Crippen LogP contribution in [0.15, 0.2) is 18.3 Å². The van der Waals surface area contributed by atoms with Crippen molar-refractivity contribution in [1.82, 2.24) is 15.5 Å². The van der Waals surface area contributed by atoms with E-state index >= 15 is 0 Å². The summed E-state index contributed by atoms with van der Waals surface area (Å²) in [6.45, 7) is 6.45. The number of hydrogen-bond donors (Lipinski definition) is 3. The summed E-state index contributed by atoms with van der Waals surface area (Å²) < 4.78 is 0. The summed E-state index contributed by atoms with van der Waals surface area (Å²) in [5, 5.41) is 23.0. The lowest BCUT2D eigenvalue weighted by Gasteiger charge is -2.47. The number of aromatic nitrogens is 2. The first-order valence-electron chi connectivity index (χ1n) is 7.32. The minimum absolute atomic E-state index is 0.0609. The minimum atomic E-state index is -0.576. The Balaban J connectivity index is 2.06. The maximum atomic E-state index is 12.2. The van der Waals surface area contributed by atoms with Crippen LogP contribution in [0.25, 0.3) is 0 Å². The molecule has 1 aromatic heterocycles. The molecule has 0 spiro atoms. The van der Waals surface area contributed by atoms with Crippen molar-refractivity contribution in [2.24, 2.45) is 11.3 Å². The largest absolute Gasteiger partial charge is 0.394 e. The number of amides is 2. The van der Waals surface area contributed by atoms with Crippen molar-refractivity contribution in [2.45, 2.75) is 45.6 Å². The predicted molar refractivity (Wildman–Crippen MR) is 80.8 cm³/mol. The van der Waals surface area contributed by atoms with Crippen LogP contribution in [-0.2, 0) is 0 Å². The van der Waals surface area contributed by atoms with Gasteiger partial charge in [-0.25, -0.2) is 4.79 Å². The lowest BCUT2D eigenvalue weighted by molar-refractivity contribution is 0.0445. The van der Waals surface area contributed by atoms with Gasteiger partial charge in [0.2, 0.25) is 0 Å². The molecule has 1 aliphatic rings. The Morgan fingerprint density at radius 1 is 1.48 bits per heavy atom. The second-order valence-electron chi connectivity index (χ2n) is 6.98. The first kappa shape index (κ1) is 15.7. The zero-order chi connectivity index (χ0) is 15.5. The third-order valence-electron chi connectivity index (χ3n) is 3.95. The molecule has 2 atom stereocenters. The molecule has 6 heteroatoms. The zero-order valence-corrected chi connectivity index (χ0v) is 12.9. The Hall–Kier alpha value is -1.69. The van der Waals surface area contributed by atoms with Crippen LogP contribution in [0.3, 0.4) is 0 Å². The van der Waals surface area contributed by atoms with Gasteiger partial charge in [-0.05, 0) is 42.7 Å². The molecule has 21 heavy (non-hydrogen) atoms. The van der Waals surface area contributed by atoms with Gasteiger partial charge in [0.1, 0.15) is 0 Å². The number of aliphatic hydroxyl groups excluding tert-OH is 1. The summed E-state index contributed by atoms with van der Waals surface area (Å²) in [5.41, 5.74) is -0.478. The molecule has 3 N–H and O–H groups in total. The van der Waals surface area contributed by atoms with Crippen LogP contribution < -0.4 is 10.6 Å². The van der Waals surface area contributed by atoms with Crippen LogP contribution >= 0.6 is 0 Å². The Labute approximate surface area is 125 Å². The summed E-state index contributed by atoms with van der Waals surface area (Å²) in [6, 6.07) is 3.02. The maximum Gasteiger partial charge on any atom is 0.320 e. The first-order valence-corrected chi connectivity index (χ1v) is 7.32. The molecule has 0 radical (unpaired) electrons. The first-order chi connectivity index (χ1) is 9.84. The fourth-order valence-corrected chi connectivity index (χ4v) is 3.75. The summed E-state index contributed by atoms with van der Waals surface area (Å²) in [5.74, 6) is 0.851. The summed E-state index contributed by atoms with van der Waals surface area (Å²) in [4.78, 5) is 12.2. The van der Waals surface area contributed by atoms with E-state index in [4.69, 9.17) is 0 Å². The molecule has 0 aromatic carbocycles. The average molecular weight is 292 g/mol. The van der Waals surface area contributed by atoms with Crippen LogP contribution in [0, 0.1) is 11.3 Å². The molecule has 6 nitrogen and oxygen atoms in total. The van der Waals surface area contributed by atoms with E-state index in [0.29, 0.717) is 11.7 Å². The molecule has 0 aliphatic heterocycles. The van der Waals surface area contributed by atoms with Crippen LogP contribution in [0.2, 0.25) is 0 Å².